The molecule has 0 aliphatic heterocycles. The fourth-order valence-electron chi connectivity index (χ4n) is 3.16. The number of aromatic nitrogens is 1. The van der Waals surface area contributed by atoms with E-state index in [4.69, 9.17) is 0 Å². The molecule has 0 saturated heterocycles. The lowest BCUT2D eigenvalue weighted by atomic mass is 10.0. The number of rotatable bonds is 3. The fraction of sp³-hybridized carbons (Fsp3) is 0.0952. The minimum atomic E-state index is 0.0864. The molecule has 1 heterocycles. The summed E-state index contributed by atoms with van der Waals surface area (Å²) >= 11 is 0. The zero-order chi connectivity index (χ0) is 15.6. The van der Waals surface area contributed by atoms with Crippen LogP contribution in [0.2, 0.25) is 0 Å². The first-order valence-electron chi connectivity index (χ1n) is 7.88. The smallest absolute Gasteiger partial charge is 0.258 e. The molecule has 0 bridgehead atoms. The number of nitrogens with zero attached hydrogens (tertiary/aromatic N) is 1. The SMILES string of the molecule is O=c1c2ccccc2ccn1CCc1cccc2ccccc12. The molecule has 0 amide bonds. The van der Waals surface area contributed by atoms with Crippen molar-refractivity contribution in [2.24, 2.45) is 0 Å². The van der Waals surface area contributed by atoms with Crippen LogP contribution in [0, 0.1) is 0 Å². The highest BCUT2D eigenvalue weighted by Crippen LogP contribution is 2.19. The third-order valence-corrected chi connectivity index (χ3v) is 4.39. The van der Waals surface area contributed by atoms with Gasteiger partial charge in [0, 0.05) is 18.1 Å². The average Bonchev–Trinajstić information content (AvgIpc) is 2.61. The first-order chi connectivity index (χ1) is 11.3. The Morgan fingerprint density at radius 3 is 2.17 bits per heavy atom. The summed E-state index contributed by atoms with van der Waals surface area (Å²) in [5, 5.41) is 4.30. The van der Waals surface area contributed by atoms with Crippen molar-refractivity contribution in [3.8, 4) is 0 Å². The van der Waals surface area contributed by atoms with Crippen LogP contribution in [0.15, 0.2) is 83.8 Å². The number of hydrogen-bond donors (Lipinski definition) is 0. The van der Waals surface area contributed by atoms with Gasteiger partial charge in [0.25, 0.3) is 5.56 Å². The number of hydrogen-bond acceptors (Lipinski definition) is 1. The molecule has 0 radical (unpaired) electrons. The number of benzene rings is 3. The lowest BCUT2D eigenvalue weighted by molar-refractivity contribution is 0.677. The molecule has 23 heavy (non-hydrogen) atoms. The van der Waals surface area contributed by atoms with E-state index in [0.717, 1.165) is 17.2 Å². The molecule has 4 aromatic rings. The highest BCUT2D eigenvalue weighted by molar-refractivity contribution is 5.85. The maximum absolute atomic E-state index is 12.6. The molecule has 0 aliphatic rings. The first-order valence-corrected chi connectivity index (χ1v) is 7.88. The quantitative estimate of drug-likeness (QED) is 0.549. The molecule has 2 nitrogen and oxygen atoms in total. The monoisotopic (exact) mass is 299 g/mol. The molecule has 0 aliphatic carbocycles. The standard InChI is InChI=1S/C21H17NO/c23-21-20-11-4-2-7-18(20)13-15-22(21)14-12-17-9-5-8-16-6-1-3-10-19(16)17/h1-11,13,15H,12,14H2. The normalized spacial score (nSPS) is 11.1. The minimum Gasteiger partial charge on any atom is -0.315 e. The van der Waals surface area contributed by atoms with Crippen LogP contribution in [0.5, 0.6) is 0 Å². The second kappa shape index (κ2) is 5.73. The Kier molecular flexibility index (Phi) is 3.43. The number of fused-ring (bicyclic) bond motifs is 2. The second-order valence-electron chi connectivity index (χ2n) is 5.79. The molecule has 1 aromatic heterocycles. The molecule has 0 saturated carbocycles. The third-order valence-electron chi connectivity index (χ3n) is 4.39. The molecule has 2 heteroatoms. The highest BCUT2D eigenvalue weighted by Gasteiger charge is 2.04. The zero-order valence-corrected chi connectivity index (χ0v) is 12.8. The fourth-order valence-corrected chi connectivity index (χ4v) is 3.16. The summed E-state index contributed by atoms with van der Waals surface area (Å²) in [4.78, 5) is 12.6. The number of aryl methyl sites for hydroxylation is 2. The van der Waals surface area contributed by atoms with E-state index in [-0.39, 0.29) is 5.56 Å². The summed E-state index contributed by atoms with van der Waals surface area (Å²) in [6, 6.07) is 24.5. The van der Waals surface area contributed by atoms with Gasteiger partial charge in [-0.25, -0.2) is 0 Å². The van der Waals surface area contributed by atoms with Gasteiger partial charge < -0.3 is 4.57 Å². The Bertz CT molecular complexity index is 1040. The van der Waals surface area contributed by atoms with E-state index in [1.807, 2.05) is 41.1 Å². The van der Waals surface area contributed by atoms with E-state index < -0.39 is 0 Å². The van der Waals surface area contributed by atoms with Gasteiger partial charge in [-0.15, -0.1) is 0 Å². The zero-order valence-electron chi connectivity index (χ0n) is 12.8. The summed E-state index contributed by atoms with van der Waals surface area (Å²) in [5.74, 6) is 0. The van der Waals surface area contributed by atoms with E-state index in [0.29, 0.717) is 6.54 Å². The maximum atomic E-state index is 12.6. The van der Waals surface area contributed by atoms with E-state index >= 15 is 0 Å². The second-order valence-corrected chi connectivity index (χ2v) is 5.79. The van der Waals surface area contributed by atoms with Crippen LogP contribution in [0.25, 0.3) is 21.5 Å². The van der Waals surface area contributed by atoms with Crippen LogP contribution >= 0.6 is 0 Å². The molecule has 0 fully saturated rings. The Morgan fingerprint density at radius 1 is 0.696 bits per heavy atom. The predicted molar refractivity (Wildman–Crippen MR) is 95.9 cm³/mol. The van der Waals surface area contributed by atoms with Gasteiger partial charge in [-0.2, -0.15) is 0 Å². The van der Waals surface area contributed by atoms with Crippen molar-refractivity contribution < 1.29 is 0 Å². The lowest BCUT2D eigenvalue weighted by Gasteiger charge is -2.09. The highest BCUT2D eigenvalue weighted by atomic mass is 16.1. The Morgan fingerprint density at radius 2 is 1.35 bits per heavy atom. The van der Waals surface area contributed by atoms with E-state index in [1.54, 1.807) is 0 Å². The molecule has 4 rings (SSSR count). The van der Waals surface area contributed by atoms with Gasteiger partial charge in [0.15, 0.2) is 0 Å². The van der Waals surface area contributed by atoms with Gasteiger partial charge in [0.1, 0.15) is 0 Å². The molecule has 3 aromatic carbocycles. The Balaban J connectivity index is 1.69. The van der Waals surface area contributed by atoms with Crippen LogP contribution in [0.4, 0.5) is 0 Å². The van der Waals surface area contributed by atoms with Crippen molar-refractivity contribution in [1.29, 1.82) is 0 Å². The molecular weight excluding hydrogens is 282 g/mol. The van der Waals surface area contributed by atoms with Gasteiger partial charge >= 0.3 is 0 Å². The molecule has 0 spiro atoms. The maximum Gasteiger partial charge on any atom is 0.258 e. The number of pyridine rings is 1. The van der Waals surface area contributed by atoms with Gasteiger partial charge in [-0.1, -0.05) is 60.7 Å². The van der Waals surface area contributed by atoms with E-state index in [1.165, 1.54) is 16.3 Å². The van der Waals surface area contributed by atoms with E-state index in [2.05, 4.69) is 42.5 Å². The van der Waals surface area contributed by atoms with Crippen molar-refractivity contribution in [3.05, 3.63) is 94.9 Å². The molecule has 0 atom stereocenters. The predicted octanol–water partition coefficient (Wildman–Crippen LogP) is 4.40. The van der Waals surface area contributed by atoms with Crippen molar-refractivity contribution >= 4 is 21.5 Å². The van der Waals surface area contributed by atoms with Crippen molar-refractivity contribution in [3.63, 3.8) is 0 Å². The van der Waals surface area contributed by atoms with Gasteiger partial charge in [-0.3, -0.25) is 4.79 Å². The average molecular weight is 299 g/mol. The Labute approximate surface area is 134 Å². The summed E-state index contributed by atoms with van der Waals surface area (Å²) in [5.41, 5.74) is 1.37. The summed E-state index contributed by atoms with van der Waals surface area (Å²) < 4.78 is 1.81. The Hall–Kier alpha value is -2.87. The van der Waals surface area contributed by atoms with Crippen molar-refractivity contribution in [1.82, 2.24) is 4.57 Å². The third kappa shape index (κ3) is 2.53. The van der Waals surface area contributed by atoms with Crippen molar-refractivity contribution in [2.45, 2.75) is 13.0 Å². The van der Waals surface area contributed by atoms with Crippen molar-refractivity contribution in [2.75, 3.05) is 0 Å². The molecule has 112 valence electrons. The lowest BCUT2D eigenvalue weighted by Crippen LogP contribution is -2.20. The van der Waals surface area contributed by atoms with Crippen LogP contribution in [0.3, 0.4) is 0 Å². The van der Waals surface area contributed by atoms with Crippen LogP contribution in [-0.2, 0) is 13.0 Å². The largest absolute Gasteiger partial charge is 0.315 e. The van der Waals surface area contributed by atoms with Gasteiger partial charge in [-0.05, 0) is 40.3 Å². The first kappa shape index (κ1) is 13.8. The summed E-state index contributed by atoms with van der Waals surface area (Å²) in [6.45, 7) is 0.692. The molecular formula is C21H17NO. The van der Waals surface area contributed by atoms with Gasteiger partial charge in [0.05, 0.1) is 0 Å². The molecule has 0 unspecified atom stereocenters. The van der Waals surface area contributed by atoms with Crippen LogP contribution in [-0.4, -0.2) is 4.57 Å². The van der Waals surface area contributed by atoms with Crippen LogP contribution < -0.4 is 5.56 Å². The van der Waals surface area contributed by atoms with Crippen LogP contribution in [0.1, 0.15) is 5.56 Å². The van der Waals surface area contributed by atoms with E-state index in [9.17, 15) is 4.79 Å². The minimum absolute atomic E-state index is 0.0864. The topological polar surface area (TPSA) is 22.0 Å². The summed E-state index contributed by atoms with van der Waals surface area (Å²) in [6.07, 6.45) is 2.75. The molecule has 0 N–H and O–H groups in total. The summed E-state index contributed by atoms with van der Waals surface area (Å²) in [7, 11) is 0. The van der Waals surface area contributed by atoms with Gasteiger partial charge in [0.2, 0.25) is 0 Å².